The van der Waals surface area contributed by atoms with Crippen LogP contribution in [0.4, 0.5) is 25.2 Å². The van der Waals surface area contributed by atoms with Gasteiger partial charge in [0.2, 0.25) is 17.8 Å². The van der Waals surface area contributed by atoms with Crippen molar-refractivity contribution in [3.8, 4) is 10.4 Å². The second-order valence-corrected chi connectivity index (χ2v) is 12.9. The summed E-state index contributed by atoms with van der Waals surface area (Å²) in [7, 11) is -7.35. The van der Waals surface area contributed by atoms with Gasteiger partial charge in [-0.3, -0.25) is 9.28 Å². The summed E-state index contributed by atoms with van der Waals surface area (Å²) in [5.74, 6) is -0.712. The Morgan fingerprint density at radius 1 is 1.30 bits per heavy atom. The molecule has 2 unspecified atom stereocenters. The van der Waals surface area contributed by atoms with E-state index in [9.17, 15) is 45.7 Å². The van der Waals surface area contributed by atoms with Crippen LogP contribution in [0.3, 0.4) is 0 Å². The number of aliphatic hydroxyl groups is 2. The summed E-state index contributed by atoms with van der Waals surface area (Å²) in [6, 6.07) is 6.29. The molecular formula is C22H32F6N7O3PS. The minimum atomic E-state index is -10.7. The molecule has 1 saturated heterocycles. The first-order chi connectivity index (χ1) is 18.0. The number of aryl methyl sites for hydroxylation is 1. The standard InChI is InChI=1S/C22H32N7O3S.F6P/c1-13(2)18(23)20(31)22(32)11-29(5,21(26-27-24)28(22)4)17(10-30)15-6-8-16(9-7-15)19-14(3)25-12-33-19;1-7(2,3,4,5)6/h6-9,12-13,17-18,21,30,32H,10-11,23H2,1-5H3;/q+1;-1/t17-,18-,21?,22+,29?;/m0./s1. The van der Waals surface area contributed by atoms with E-state index in [1.54, 1.807) is 23.9 Å². The van der Waals surface area contributed by atoms with Crippen molar-refractivity contribution in [1.29, 1.82) is 0 Å². The van der Waals surface area contributed by atoms with Crippen LogP contribution in [0.5, 0.6) is 0 Å². The van der Waals surface area contributed by atoms with Crippen LogP contribution < -0.4 is 5.73 Å². The molecule has 0 aliphatic carbocycles. The van der Waals surface area contributed by atoms with E-state index >= 15 is 0 Å². The van der Waals surface area contributed by atoms with Gasteiger partial charge in [-0.2, -0.15) is 0 Å². The first-order valence-corrected chi connectivity index (χ1v) is 14.7. The van der Waals surface area contributed by atoms with Crippen molar-refractivity contribution in [2.75, 3.05) is 27.2 Å². The minimum absolute atomic E-state index is 0.0803. The topological polar surface area (TPSA) is 148 Å². The zero-order valence-corrected chi connectivity index (χ0v) is 24.0. The number of nitrogens with zero attached hydrogens (tertiary/aromatic N) is 6. The predicted octanol–water partition coefficient (Wildman–Crippen LogP) is 5.76. The second-order valence-electron chi connectivity index (χ2n) is 10.2. The number of Topliss-reactive ketones (excluding diaryl/α,β-unsaturated/α-hetero) is 1. The summed E-state index contributed by atoms with van der Waals surface area (Å²) >= 11 is 1.55. The van der Waals surface area contributed by atoms with Crippen LogP contribution in [0.1, 0.15) is 31.1 Å². The number of quaternary nitrogens is 1. The molecule has 4 N–H and O–H groups in total. The number of azide groups is 1. The molecule has 0 radical (unpaired) electrons. The van der Waals surface area contributed by atoms with Gasteiger partial charge >= 0.3 is 33.0 Å². The van der Waals surface area contributed by atoms with Crippen LogP contribution in [-0.4, -0.2) is 75.7 Å². The van der Waals surface area contributed by atoms with Crippen LogP contribution >= 0.6 is 19.1 Å². The Bertz CT molecular complexity index is 1260. The van der Waals surface area contributed by atoms with Crippen LogP contribution in [0.25, 0.3) is 20.9 Å². The SMILES string of the molecule is Cc1ncsc1-c1ccc([C@H](CO)[N+]2(C)C[C@@](O)(C(=O)[C@@H](N)C(C)C)N(C)C2N=[N+]=[N-])cc1.F[P-](F)(F)(F)(F)F. The number of benzene rings is 1. The van der Waals surface area contributed by atoms with Gasteiger partial charge < -0.3 is 15.9 Å². The Morgan fingerprint density at radius 3 is 2.23 bits per heavy atom. The average molecular weight is 620 g/mol. The van der Waals surface area contributed by atoms with Crippen LogP contribution in [-0.2, 0) is 4.79 Å². The van der Waals surface area contributed by atoms with Crippen molar-refractivity contribution < 1.29 is 44.7 Å². The molecule has 0 spiro atoms. The maximum absolute atomic E-state index is 13.2. The number of hydrogen-bond acceptors (Lipinski definition) is 8. The summed E-state index contributed by atoms with van der Waals surface area (Å²) < 4.78 is 59.1. The van der Waals surface area contributed by atoms with E-state index in [0.717, 1.165) is 21.7 Å². The molecule has 1 aromatic heterocycles. The van der Waals surface area contributed by atoms with Crippen LogP contribution in [0, 0.1) is 12.8 Å². The zero-order chi connectivity index (χ0) is 31.0. The molecule has 0 amide bonds. The van der Waals surface area contributed by atoms with Crippen molar-refractivity contribution in [2.24, 2.45) is 16.8 Å². The van der Waals surface area contributed by atoms with E-state index in [1.807, 2.05) is 45.0 Å². The molecular weight excluding hydrogens is 587 g/mol. The van der Waals surface area contributed by atoms with E-state index in [2.05, 4.69) is 15.0 Å². The molecule has 40 heavy (non-hydrogen) atoms. The molecule has 2 aromatic rings. The van der Waals surface area contributed by atoms with Crippen molar-refractivity contribution in [3.63, 3.8) is 0 Å². The Kier molecular flexibility index (Phi) is 9.14. The number of aromatic nitrogens is 1. The summed E-state index contributed by atoms with van der Waals surface area (Å²) in [5, 5.41) is 25.8. The Labute approximate surface area is 230 Å². The van der Waals surface area contributed by atoms with E-state index in [-0.39, 0.29) is 23.6 Å². The molecule has 1 aromatic carbocycles. The van der Waals surface area contributed by atoms with Gasteiger partial charge in [0.1, 0.15) is 12.6 Å². The molecule has 0 saturated carbocycles. The number of carbonyl (C=O) groups excluding carboxylic acids is 1. The Balaban J connectivity index is 0.000000708. The third-order valence-electron chi connectivity index (χ3n) is 6.78. The molecule has 18 heteroatoms. The van der Waals surface area contributed by atoms with Crippen LogP contribution in [0.2, 0.25) is 0 Å². The number of nitrogens with two attached hydrogens (primary N) is 1. The van der Waals surface area contributed by atoms with Gasteiger partial charge in [-0.25, -0.2) is 9.88 Å². The predicted molar refractivity (Wildman–Crippen MR) is 140 cm³/mol. The summed E-state index contributed by atoms with van der Waals surface area (Å²) in [6.45, 7) is 5.20. The van der Waals surface area contributed by atoms with Crippen molar-refractivity contribution in [2.45, 2.75) is 44.9 Å². The number of carbonyl (C=O) groups is 1. The van der Waals surface area contributed by atoms with Gasteiger partial charge in [0.15, 0.2) is 0 Å². The molecule has 5 atom stereocenters. The van der Waals surface area contributed by atoms with Crippen molar-refractivity contribution in [1.82, 2.24) is 9.88 Å². The fraction of sp³-hybridized carbons (Fsp3) is 0.545. The third kappa shape index (κ3) is 8.10. The maximum atomic E-state index is 13.2. The van der Waals surface area contributed by atoms with E-state index in [1.165, 1.54) is 11.9 Å². The number of rotatable bonds is 8. The van der Waals surface area contributed by atoms with E-state index in [0.29, 0.717) is 0 Å². The molecule has 226 valence electrons. The number of hydrogen-bond donors (Lipinski definition) is 3. The molecule has 1 aliphatic heterocycles. The zero-order valence-electron chi connectivity index (χ0n) is 22.3. The summed E-state index contributed by atoms with van der Waals surface area (Å²) in [6.07, 6.45) is -0.927. The normalized spacial score (nSPS) is 26.6. The Hall–Kier alpha value is -2.36. The summed E-state index contributed by atoms with van der Waals surface area (Å²) in [4.78, 5) is 22.9. The average Bonchev–Trinajstić information content (AvgIpc) is 3.32. The number of likely N-dealkylation sites (N-methyl/N-ethyl adjacent to an activating group) is 2. The van der Waals surface area contributed by atoms with Gasteiger partial charge in [-0.15, -0.1) is 11.3 Å². The monoisotopic (exact) mass is 619 g/mol. The molecule has 0 bridgehead atoms. The van der Waals surface area contributed by atoms with Crippen LogP contribution in [0.15, 0.2) is 34.9 Å². The van der Waals surface area contributed by atoms with Gasteiger partial charge in [-0.05, 0) is 36.1 Å². The summed E-state index contributed by atoms with van der Waals surface area (Å²) in [5.41, 5.74) is 17.9. The molecule has 10 nitrogen and oxygen atoms in total. The molecule has 1 fully saturated rings. The number of aliphatic hydroxyl groups excluding tert-OH is 1. The van der Waals surface area contributed by atoms with E-state index < -0.39 is 37.7 Å². The second kappa shape index (κ2) is 10.8. The van der Waals surface area contributed by atoms with E-state index in [4.69, 9.17) is 5.73 Å². The molecule has 1 aliphatic rings. The van der Waals surface area contributed by atoms with Gasteiger partial charge in [0, 0.05) is 10.5 Å². The van der Waals surface area contributed by atoms with Gasteiger partial charge in [-0.1, -0.05) is 38.1 Å². The van der Waals surface area contributed by atoms with Gasteiger partial charge in [0.05, 0.1) is 35.8 Å². The fourth-order valence-electron chi connectivity index (χ4n) is 4.66. The Morgan fingerprint density at radius 2 is 1.82 bits per heavy atom. The third-order valence-corrected chi connectivity index (χ3v) is 7.75. The molecule has 3 rings (SSSR count). The first-order valence-electron chi connectivity index (χ1n) is 11.8. The van der Waals surface area contributed by atoms with Gasteiger partial charge in [0.25, 0.3) is 0 Å². The van der Waals surface area contributed by atoms with Crippen molar-refractivity contribution >= 4 is 24.9 Å². The quantitative estimate of drug-likeness (QED) is 0.0855. The van der Waals surface area contributed by atoms with Crippen molar-refractivity contribution in [3.05, 3.63) is 51.5 Å². The number of thiazole rings is 1. The number of halogens is 6. The molecule has 2 heterocycles. The number of ketones is 1. The fourth-order valence-corrected chi connectivity index (χ4v) is 5.47. The first kappa shape index (κ1) is 33.8.